The monoisotopic (exact) mass is 211 g/mol. The van der Waals surface area contributed by atoms with Crippen LogP contribution in [0.4, 0.5) is 4.39 Å². The van der Waals surface area contributed by atoms with Gasteiger partial charge in [0, 0.05) is 18.7 Å². The summed E-state index contributed by atoms with van der Waals surface area (Å²) in [5.41, 5.74) is 0.726. The molecule has 0 amide bonds. The lowest BCUT2D eigenvalue weighted by molar-refractivity contribution is 0.260. The van der Waals surface area contributed by atoms with Crippen LogP contribution >= 0.6 is 0 Å². The van der Waals surface area contributed by atoms with E-state index in [2.05, 4.69) is 4.90 Å². The first kappa shape index (κ1) is 12.1. The van der Waals surface area contributed by atoms with Gasteiger partial charge in [0.15, 0.2) is 0 Å². The van der Waals surface area contributed by atoms with Gasteiger partial charge in [-0.2, -0.15) is 0 Å². The maximum absolute atomic E-state index is 13.3. The van der Waals surface area contributed by atoms with Crippen molar-refractivity contribution in [1.29, 1.82) is 0 Å². The van der Waals surface area contributed by atoms with Crippen LogP contribution < -0.4 is 0 Å². The van der Waals surface area contributed by atoms with Crippen LogP contribution in [-0.4, -0.2) is 30.2 Å². The lowest BCUT2D eigenvalue weighted by Crippen LogP contribution is -2.20. The number of rotatable bonds is 6. The third kappa shape index (κ3) is 4.40. The van der Waals surface area contributed by atoms with Crippen molar-refractivity contribution in [2.24, 2.45) is 0 Å². The molecule has 0 atom stereocenters. The van der Waals surface area contributed by atoms with Gasteiger partial charge in [0.1, 0.15) is 5.82 Å². The van der Waals surface area contributed by atoms with Gasteiger partial charge in [-0.1, -0.05) is 18.2 Å². The summed E-state index contributed by atoms with van der Waals surface area (Å²) in [5.74, 6) is -0.147. The second-order valence-electron chi connectivity index (χ2n) is 3.76. The highest BCUT2D eigenvalue weighted by Gasteiger charge is 2.04. The Balaban J connectivity index is 2.37. The predicted octanol–water partition coefficient (Wildman–Crippen LogP) is 2.03. The van der Waals surface area contributed by atoms with Crippen molar-refractivity contribution in [2.45, 2.75) is 19.4 Å². The van der Waals surface area contributed by atoms with Gasteiger partial charge >= 0.3 is 0 Å². The Morgan fingerprint density at radius 3 is 2.67 bits per heavy atom. The standard InChI is InChI=1S/C12H18FNO/c1-14(8-4-5-9-15)10-11-6-2-3-7-12(11)13/h2-3,6-7,15H,4-5,8-10H2,1H3. The van der Waals surface area contributed by atoms with Crippen molar-refractivity contribution in [1.82, 2.24) is 4.90 Å². The number of aliphatic hydroxyl groups excluding tert-OH is 1. The molecule has 0 radical (unpaired) electrons. The Bertz CT molecular complexity index is 291. The van der Waals surface area contributed by atoms with E-state index in [9.17, 15) is 4.39 Å². The van der Waals surface area contributed by atoms with E-state index in [0.717, 1.165) is 24.9 Å². The smallest absolute Gasteiger partial charge is 0.127 e. The van der Waals surface area contributed by atoms with Crippen LogP contribution in [0, 0.1) is 5.82 Å². The second-order valence-corrected chi connectivity index (χ2v) is 3.76. The van der Waals surface area contributed by atoms with Crippen molar-refractivity contribution < 1.29 is 9.50 Å². The third-order valence-corrected chi connectivity index (χ3v) is 2.35. The highest BCUT2D eigenvalue weighted by atomic mass is 19.1. The summed E-state index contributed by atoms with van der Waals surface area (Å²) in [5, 5.41) is 8.63. The van der Waals surface area contributed by atoms with Gasteiger partial charge in [0.2, 0.25) is 0 Å². The molecule has 0 bridgehead atoms. The fraction of sp³-hybridized carbons (Fsp3) is 0.500. The van der Waals surface area contributed by atoms with Gasteiger partial charge in [0.25, 0.3) is 0 Å². The molecule has 15 heavy (non-hydrogen) atoms. The normalized spacial score (nSPS) is 10.9. The van der Waals surface area contributed by atoms with E-state index in [1.165, 1.54) is 6.07 Å². The first-order valence-corrected chi connectivity index (χ1v) is 5.27. The second kappa shape index (κ2) is 6.53. The number of hydrogen-bond acceptors (Lipinski definition) is 2. The summed E-state index contributed by atoms with van der Waals surface area (Å²) in [6.45, 7) is 1.74. The molecule has 0 aromatic heterocycles. The number of nitrogens with zero attached hydrogens (tertiary/aromatic N) is 1. The van der Waals surface area contributed by atoms with Crippen molar-refractivity contribution in [2.75, 3.05) is 20.2 Å². The highest BCUT2D eigenvalue weighted by Crippen LogP contribution is 2.09. The number of benzene rings is 1. The molecule has 1 rings (SSSR count). The molecule has 0 spiro atoms. The van der Waals surface area contributed by atoms with Crippen LogP contribution in [0.5, 0.6) is 0 Å². The Morgan fingerprint density at radius 1 is 1.27 bits per heavy atom. The topological polar surface area (TPSA) is 23.5 Å². The van der Waals surface area contributed by atoms with Crippen LogP contribution in [0.15, 0.2) is 24.3 Å². The molecule has 0 heterocycles. The van der Waals surface area contributed by atoms with Crippen LogP contribution in [0.25, 0.3) is 0 Å². The number of halogens is 1. The lowest BCUT2D eigenvalue weighted by atomic mass is 10.2. The first-order valence-electron chi connectivity index (χ1n) is 5.27. The summed E-state index contributed by atoms with van der Waals surface area (Å²) in [7, 11) is 1.96. The van der Waals surface area contributed by atoms with E-state index < -0.39 is 0 Å². The van der Waals surface area contributed by atoms with Gasteiger partial charge in [0.05, 0.1) is 0 Å². The molecule has 0 aliphatic carbocycles. The van der Waals surface area contributed by atoms with E-state index in [1.54, 1.807) is 12.1 Å². The molecular formula is C12H18FNO. The van der Waals surface area contributed by atoms with E-state index >= 15 is 0 Å². The first-order chi connectivity index (χ1) is 7.24. The Labute approximate surface area is 90.3 Å². The van der Waals surface area contributed by atoms with Gasteiger partial charge < -0.3 is 10.0 Å². The molecule has 0 aliphatic rings. The number of unbranched alkanes of at least 4 members (excludes halogenated alkanes) is 1. The minimum absolute atomic E-state index is 0.147. The van der Waals surface area contributed by atoms with Gasteiger partial charge in [-0.15, -0.1) is 0 Å². The van der Waals surface area contributed by atoms with Crippen molar-refractivity contribution in [3.63, 3.8) is 0 Å². The molecule has 3 heteroatoms. The molecule has 0 saturated carbocycles. The minimum Gasteiger partial charge on any atom is -0.396 e. The average molecular weight is 211 g/mol. The van der Waals surface area contributed by atoms with Gasteiger partial charge in [-0.3, -0.25) is 0 Å². The van der Waals surface area contributed by atoms with Crippen molar-refractivity contribution >= 4 is 0 Å². The molecule has 0 saturated heterocycles. The maximum Gasteiger partial charge on any atom is 0.127 e. The molecule has 0 fully saturated rings. The summed E-state index contributed by atoms with van der Waals surface area (Å²) < 4.78 is 13.3. The maximum atomic E-state index is 13.3. The lowest BCUT2D eigenvalue weighted by Gasteiger charge is -2.16. The van der Waals surface area contributed by atoms with E-state index in [-0.39, 0.29) is 12.4 Å². The molecule has 1 aromatic carbocycles. The van der Waals surface area contributed by atoms with E-state index in [4.69, 9.17) is 5.11 Å². The van der Waals surface area contributed by atoms with Crippen LogP contribution in [0.3, 0.4) is 0 Å². The fourth-order valence-electron chi connectivity index (χ4n) is 1.49. The van der Waals surface area contributed by atoms with Crippen molar-refractivity contribution in [3.8, 4) is 0 Å². The Hall–Kier alpha value is -0.930. The zero-order valence-electron chi connectivity index (χ0n) is 9.12. The van der Waals surface area contributed by atoms with Crippen LogP contribution in [0.1, 0.15) is 18.4 Å². The van der Waals surface area contributed by atoms with Crippen LogP contribution in [-0.2, 0) is 6.54 Å². The summed E-state index contributed by atoms with van der Waals surface area (Å²) in [6, 6.07) is 6.83. The van der Waals surface area contributed by atoms with Gasteiger partial charge in [-0.25, -0.2) is 4.39 Å². The predicted molar refractivity (Wildman–Crippen MR) is 59.1 cm³/mol. The summed E-state index contributed by atoms with van der Waals surface area (Å²) in [6.07, 6.45) is 1.75. The largest absolute Gasteiger partial charge is 0.396 e. The highest BCUT2D eigenvalue weighted by molar-refractivity contribution is 5.16. The molecule has 1 aromatic rings. The molecule has 0 aliphatic heterocycles. The van der Waals surface area contributed by atoms with Crippen molar-refractivity contribution in [3.05, 3.63) is 35.6 Å². The Kier molecular flexibility index (Phi) is 5.29. The molecule has 1 N–H and O–H groups in total. The molecule has 0 unspecified atom stereocenters. The summed E-state index contributed by atoms with van der Waals surface area (Å²) in [4.78, 5) is 2.06. The van der Waals surface area contributed by atoms with E-state index in [1.807, 2.05) is 13.1 Å². The summed E-state index contributed by atoms with van der Waals surface area (Å²) >= 11 is 0. The minimum atomic E-state index is -0.147. The number of aliphatic hydroxyl groups is 1. The SMILES string of the molecule is CN(CCCCO)Cc1ccccc1F. The zero-order chi connectivity index (χ0) is 11.1. The number of hydrogen-bond donors (Lipinski definition) is 1. The quantitative estimate of drug-likeness (QED) is 0.728. The van der Waals surface area contributed by atoms with Crippen LogP contribution in [0.2, 0.25) is 0 Å². The fourth-order valence-corrected chi connectivity index (χ4v) is 1.49. The zero-order valence-corrected chi connectivity index (χ0v) is 9.12. The molecule has 84 valence electrons. The van der Waals surface area contributed by atoms with Gasteiger partial charge in [-0.05, 0) is 32.5 Å². The average Bonchev–Trinajstić information content (AvgIpc) is 2.22. The molecular weight excluding hydrogens is 193 g/mol. The molecule has 2 nitrogen and oxygen atoms in total. The Morgan fingerprint density at radius 2 is 2.00 bits per heavy atom. The third-order valence-electron chi connectivity index (χ3n) is 2.35. The van der Waals surface area contributed by atoms with E-state index in [0.29, 0.717) is 6.54 Å².